The van der Waals surface area contributed by atoms with E-state index in [0.29, 0.717) is 0 Å². The highest BCUT2D eigenvalue weighted by Crippen LogP contribution is 2.37. The highest BCUT2D eigenvalue weighted by molar-refractivity contribution is 6.24. The van der Waals surface area contributed by atoms with Crippen molar-refractivity contribution in [2.24, 2.45) is 0 Å². The third-order valence-electron chi connectivity index (χ3n) is 5.68. The lowest BCUT2D eigenvalue weighted by atomic mass is 9.99. The van der Waals surface area contributed by atoms with Crippen LogP contribution in [0.5, 0.6) is 0 Å². The number of fused-ring (bicyclic) bond motifs is 8. The summed E-state index contributed by atoms with van der Waals surface area (Å²) in [4.78, 5) is 7.27. The molecule has 0 aliphatic rings. The molecule has 0 aliphatic heterocycles. The van der Waals surface area contributed by atoms with Crippen LogP contribution in [0.25, 0.3) is 54.4 Å². The van der Waals surface area contributed by atoms with Gasteiger partial charge < -0.3 is 9.97 Å². The molecule has 0 aliphatic carbocycles. The molecule has 0 atom stereocenters. The average Bonchev–Trinajstić information content (AvgIpc) is 3.16. The number of aryl methyl sites for hydroxylation is 2. The Bertz CT molecular complexity index is 1500. The largest absolute Gasteiger partial charge is 0.354 e. The molecule has 2 nitrogen and oxygen atoms in total. The second-order valence-corrected chi connectivity index (χ2v) is 7.40. The smallest absolute Gasteiger partial charge is 0.0474 e. The van der Waals surface area contributed by atoms with Crippen LogP contribution < -0.4 is 0 Å². The van der Waals surface area contributed by atoms with Crippen molar-refractivity contribution >= 4 is 54.4 Å². The standard InChI is InChI=1S/C24H18N2/c1-13-7-8-16-18-11-22-19(12-21(18)25-20(16)9-13)24-17-6-4-3-5-15(17)14(2)10-23(24)26-22/h3-12,25-26H,1-2H3. The van der Waals surface area contributed by atoms with Crippen LogP contribution in [-0.4, -0.2) is 9.97 Å². The van der Waals surface area contributed by atoms with E-state index in [1.807, 2.05) is 0 Å². The van der Waals surface area contributed by atoms with Gasteiger partial charge in [-0.25, -0.2) is 0 Å². The van der Waals surface area contributed by atoms with Gasteiger partial charge in [0.1, 0.15) is 0 Å². The van der Waals surface area contributed by atoms with Crippen LogP contribution in [0.2, 0.25) is 0 Å². The maximum Gasteiger partial charge on any atom is 0.0474 e. The maximum absolute atomic E-state index is 3.66. The Morgan fingerprint density at radius 2 is 1.23 bits per heavy atom. The van der Waals surface area contributed by atoms with E-state index in [1.165, 1.54) is 65.5 Å². The molecular weight excluding hydrogens is 316 g/mol. The van der Waals surface area contributed by atoms with Gasteiger partial charge >= 0.3 is 0 Å². The number of hydrogen-bond donors (Lipinski definition) is 2. The van der Waals surface area contributed by atoms with E-state index >= 15 is 0 Å². The second-order valence-electron chi connectivity index (χ2n) is 7.40. The highest BCUT2D eigenvalue weighted by atomic mass is 14.7. The molecule has 2 heteroatoms. The summed E-state index contributed by atoms with van der Waals surface area (Å²) in [6, 6.07) is 22.2. The average molecular weight is 334 g/mol. The number of H-pyrrole nitrogens is 2. The highest BCUT2D eigenvalue weighted by Gasteiger charge is 2.13. The number of rotatable bonds is 0. The first-order valence-corrected chi connectivity index (χ1v) is 9.05. The number of benzene rings is 4. The predicted octanol–water partition coefficient (Wildman–Crippen LogP) is 6.73. The predicted molar refractivity (Wildman–Crippen MR) is 112 cm³/mol. The summed E-state index contributed by atoms with van der Waals surface area (Å²) in [6.45, 7) is 4.32. The van der Waals surface area contributed by atoms with Gasteiger partial charge in [0.25, 0.3) is 0 Å². The van der Waals surface area contributed by atoms with Gasteiger partial charge in [-0.2, -0.15) is 0 Å². The lowest BCUT2D eigenvalue weighted by Gasteiger charge is -2.04. The fourth-order valence-electron chi connectivity index (χ4n) is 4.47. The van der Waals surface area contributed by atoms with Crippen molar-refractivity contribution in [1.82, 2.24) is 9.97 Å². The van der Waals surface area contributed by atoms with Crippen LogP contribution >= 0.6 is 0 Å². The van der Waals surface area contributed by atoms with Crippen LogP contribution in [0.15, 0.2) is 60.7 Å². The molecule has 124 valence electrons. The molecule has 0 spiro atoms. The van der Waals surface area contributed by atoms with E-state index < -0.39 is 0 Å². The van der Waals surface area contributed by atoms with Crippen molar-refractivity contribution in [3.05, 3.63) is 71.8 Å². The van der Waals surface area contributed by atoms with E-state index in [1.54, 1.807) is 0 Å². The molecule has 0 fully saturated rings. The van der Waals surface area contributed by atoms with Crippen LogP contribution in [0, 0.1) is 13.8 Å². The van der Waals surface area contributed by atoms with Crippen molar-refractivity contribution in [2.75, 3.05) is 0 Å². The molecule has 0 saturated carbocycles. The third-order valence-corrected chi connectivity index (χ3v) is 5.68. The van der Waals surface area contributed by atoms with Gasteiger partial charge in [0, 0.05) is 43.6 Å². The Balaban J connectivity index is 1.84. The van der Waals surface area contributed by atoms with Crippen LogP contribution in [-0.2, 0) is 0 Å². The summed E-state index contributed by atoms with van der Waals surface area (Å²) in [7, 11) is 0. The van der Waals surface area contributed by atoms with E-state index in [2.05, 4.69) is 84.5 Å². The van der Waals surface area contributed by atoms with Crippen molar-refractivity contribution in [2.45, 2.75) is 13.8 Å². The minimum Gasteiger partial charge on any atom is -0.354 e. The first-order chi connectivity index (χ1) is 12.7. The Kier molecular flexibility index (Phi) is 2.51. The maximum atomic E-state index is 3.66. The van der Waals surface area contributed by atoms with Crippen LogP contribution in [0.1, 0.15) is 11.1 Å². The lowest BCUT2D eigenvalue weighted by molar-refractivity contribution is 1.47. The number of aromatic nitrogens is 2. The normalized spacial score (nSPS) is 12.2. The molecule has 0 unspecified atom stereocenters. The zero-order valence-corrected chi connectivity index (χ0v) is 14.8. The van der Waals surface area contributed by atoms with Gasteiger partial charge in [-0.05, 0) is 60.0 Å². The Morgan fingerprint density at radius 1 is 0.538 bits per heavy atom. The summed E-state index contributed by atoms with van der Waals surface area (Å²) in [6.07, 6.45) is 0. The quantitative estimate of drug-likeness (QED) is 0.309. The summed E-state index contributed by atoms with van der Waals surface area (Å²) in [5, 5.41) is 7.81. The number of nitrogens with one attached hydrogen (secondary N) is 2. The number of aromatic amines is 2. The van der Waals surface area contributed by atoms with Gasteiger partial charge in [-0.1, -0.05) is 36.4 Å². The van der Waals surface area contributed by atoms with E-state index in [0.717, 1.165) is 0 Å². The third kappa shape index (κ3) is 1.71. The summed E-state index contributed by atoms with van der Waals surface area (Å²) in [5.41, 5.74) is 7.41. The molecule has 0 amide bonds. The Hall–Kier alpha value is -3.26. The van der Waals surface area contributed by atoms with Crippen molar-refractivity contribution in [3.63, 3.8) is 0 Å². The van der Waals surface area contributed by atoms with Gasteiger partial charge in [0.2, 0.25) is 0 Å². The van der Waals surface area contributed by atoms with E-state index in [4.69, 9.17) is 0 Å². The molecule has 0 saturated heterocycles. The molecule has 2 aromatic heterocycles. The lowest BCUT2D eigenvalue weighted by Crippen LogP contribution is -1.80. The minimum atomic E-state index is 1.20. The summed E-state index contributed by atoms with van der Waals surface area (Å²) < 4.78 is 0. The minimum absolute atomic E-state index is 1.20. The molecule has 2 heterocycles. The Labute approximate surface area is 150 Å². The summed E-state index contributed by atoms with van der Waals surface area (Å²) >= 11 is 0. The first-order valence-electron chi connectivity index (χ1n) is 9.05. The van der Waals surface area contributed by atoms with Crippen molar-refractivity contribution in [1.29, 1.82) is 0 Å². The fraction of sp³-hybridized carbons (Fsp3) is 0.0833. The molecule has 6 aromatic rings. The Morgan fingerprint density at radius 3 is 2.12 bits per heavy atom. The zero-order chi connectivity index (χ0) is 17.4. The second kappa shape index (κ2) is 4.67. The van der Waals surface area contributed by atoms with Crippen molar-refractivity contribution in [3.8, 4) is 0 Å². The molecule has 26 heavy (non-hydrogen) atoms. The fourth-order valence-corrected chi connectivity index (χ4v) is 4.47. The van der Waals surface area contributed by atoms with E-state index in [-0.39, 0.29) is 0 Å². The molecule has 0 bridgehead atoms. The number of hydrogen-bond acceptors (Lipinski definition) is 0. The molecule has 4 aromatic carbocycles. The van der Waals surface area contributed by atoms with Gasteiger partial charge in [-0.3, -0.25) is 0 Å². The van der Waals surface area contributed by atoms with Gasteiger partial charge in [-0.15, -0.1) is 0 Å². The van der Waals surface area contributed by atoms with Gasteiger partial charge in [0.05, 0.1) is 0 Å². The SMILES string of the molecule is Cc1ccc2c(c1)[nH]c1cc3c(cc12)[nH]c1cc(C)c2ccccc2c13. The van der Waals surface area contributed by atoms with E-state index in [9.17, 15) is 0 Å². The molecule has 6 rings (SSSR count). The topological polar surface area (TPSA) is 31.6 Å². The zero-order valence-electron chi connectivity index (χ0n) is 14.8. The monoisotopic (exact) mass is 334 g/mol. The molecule has 2 N–H and O–H groups in total. The molecule has 0 radical (unpaired) electrons. The first kappa shape index (κ1) is 14.0. The summed E-state index contributed by atoms with van der Waals surface area (Å²) in [5.74, 6) is 0. The van der Waals surface area contributed by atoms with Crippen molar-refractivity contribution < 1.29 is 0 Å². The molecular formula is C24H18N2. The van der Waals surface area contributed by atoms with Crippen LogP contribution in [0.3, 0.4) is 0 Å². The van der Waals surface area contributed by atoms with Gasteiger partial charge in [0.15, 0.2) is 0 Å². The van der Waals surface area contributed by atoms with Crippen LogP contribution in [0.4, 0.5) is 0 Å².